The molecule has 0 fully saturated rings. The molecule has 0 aliphatic carbocycles. The van der Waals surface area contributed by atoms with Crippen molar-refractivity contribution in [1.29, 1.82) is 0 Å². The second-order valence-corrected chi connectivity index (χ2v) is 5.73. The molecule has 2 aromatic heterocycles. The first-order chi connectivity index (χ1) is 9.29. The Labute approximate surface area is 119 Å². The summed E-state index contributed by atoms with van der Waals surface area (Å²) in [5, 5.41) is 14.3. The van der Waals surface area contributed by atoms with Crippen molar-refractivity contribution in [3.05, 3.63) is 36.9 Å². The van der Waals surface area contributed by atoms with Crippen molar-refractivity contribution in [1.82, 2.24) is 14.8 Å². The van der Waals surface area contributed by atoms with Crippen LogP contribution in [-0.4, -0.2) is 38.6 Å². The van der Waals surface area contributed by atoms with Gasteiger partial charge in [-0.05, 0) is 45.3 Å². The molecular formula is C14H19BN3O2. The van der Waals surface area contributed by atoms with Crippen molar-refractivity contribution in [2.24, 2.45) is 0 Å². The molecular weight excluding hydrogens is 253 g/mol. The maximum atomic E-state index is 10.0. The van der Waals surface area contributed by atoms with E-state index in [1.165, 1.54) is 0 Å². The molecule has 0 saturated carbocycles. The largest absolute Gasteiger partial charge is 0.427 e. The summed E-state index contributed by atoms with van der Waals surface area (Å²) in [5.41, 5.74) is 0.136. The van der Waals surface area contributed by atoms with Crippen LogP contribution < -0.4 is 5.46 Å². The minimum atomic E-state index is -0.940. The first-order valence-corrected chi connectivity index (χ1v) is 6.48. The van der Waals surface area contributed by atoms with Crippen LogP contribution in [0.3, 0.4) is 0 Å². The highest BCUT2D eigenvalue weighted by molar-refractivity contribution is 6.46. The Balaban J connectivity index is 2.04. The third-order valence-corrected chi connectivity index (χ3v) is 3.49. The molecule has 0 aliphatic heterocycles. The van der Waals surface area contributed by atoms with Gasteiger partial charge < -0.3 is 9.76 Å². The molecule has 0 unspecified atom stereocenters. The molecule has 0 atom stereocenters. The highest BCUT2D eigenvalue weighted by atomic mass is 16.5. The number of nitrogens with zero attached hydrogens (tertiary/aromatic N) is 3. The summed E-state index contributed by atoms with van der Waals surface area (Å²) >= 11 is 0. The summed E-state index contributed by atoms with van der Waals surface area (Å²) in [6.07, 6.45) is 7.00. The molecule has 0 spiro atoms. The van der Waals surface area contributed by atoms with Crippen molar-refractivity contribution >= 4 is 12.9 Å². The number of pyridine rings is 1. The minimum absolute atomic E-state index is 0.689. The van der Waals surface area contributed by atoms with Crippen LogP contribution in [0.1, 0.15) is 27.7 Å². The first-order valence-electron chi connectivity index (χ1n) is 6.48. The summed E-state index contributed by atoms with van der Waals surface area (Å²) in [4.78, 5) is 3.97. The predicted octanol–water partition coefficient (Wildman–Crippen LogP) is 1.08. The third kappa shape index (κ3) is 3.26. The lowest BCUT2D eigenvalue weighted by Gasteiger charge is -2.37. The monoisotopic (exact) mass is 272 g/mol. The van der Waals surface area contributed by atoms with Gasteiger partial charge in [0.15, 0.2) is 0 Å². The van der Waals surface area contributed by atoms with E-state index in [2.05, 4.69) is 10.1 Å². The molecule has 2 aromatic rings. The summed E-state index contributed by atoms with van der Waals surface area (Å²) in [6, 6.07) is 3.75. The molecule has 105 valence electrons. The van der Waals surface area contributed by atoms with Crippen LogP contribution in [0.25, 0.3) is 5.69 Å². The summed E-state index contributed by atoms with van der Waals surface area (Å²) in [6.45, 7) is 7.13. The second kappa shape index (κ2) is 5.38. The van der Waals surface area contributed by atoms with Crippen LogP contribution in [0.5, 0.6) is 0 Å². The van der Waals surface area contributed by atoms with E-state index in [9.17, 15) is 5.11 Å². The number of aromatic nitrogens is 3. The van der Waals surface area contributed by atoms with Crippen molar-refractivity contribution in [2.45, 2.75) is 38.9 Å². The molecule has 2 heterocycles. The molecule has 20 heavy (non-hydrogen) atoms. The Morgan fingerprint density at radius 1 is 1.20 bits per heavy atom. The topological polar surface area (TPSA) is 60.2 Å². The van der Waals surface area contributed by atoms with Gasteiger partial charge in [0.25, 0.3) is 0 Å². The molecule has 0 bridgehead atoms. The predicted molar refractivity (Wildman–Crippen MR) is 78.2 cm³/mol. The van der Waals surface area contributed by atoms with E-state index < -0.39 is 11.2 Å². The van der Waals surface area contributed by atoms with E-state index in [-0.39, 0.29) is 0 Å². The lowest BCUT2D eigenvalue weighted by atomic mass is 9.84. The van der Waals surface area contributed by atoms with Gasteiger partial charge in [-0.25, -0.2) is 4.68 Å². The van der Waals surface area contributed by atoms with Crippen molar-refractivity contribution in [3.8, 4) is 5.69 Å². The van der Waals surface area contributed by atoms with Crippen LogP contribution in [0.15, 0.2) is 36.9 Å². The molecule has 1 N–H and O–H groups in total. The van der Waals surface area contributed by atoms with Crippen molar-refractivity contribution in [3.63, 3.8) is 0 Å². The van der Waals surface area contributed by atoms with Gasteiger partial charge in [-0.3, -0.25) is 4.98 Å². The Kier molecular flexibility index (Phi) is 3.97. The lowest BCUT2D eigenvalue weighted by molar-refractivity contribution is -0.0893. The molecule has 6 heteroatoms. The van der Waals surface area contributed by atoms with Crippen molar-refractivity contribution < 1.29 is 9.76 Å². The van der Waals surface area contributed by atoms with Gasteiger partial charge in [0, 0.05) is 24.8 Å². The maximum Gasteiger partial charge on any atom is 0.334 e. The highest BCUT2D eigenvalue weighted by Crippen LogP contribution is 2.24. The van der Waals surface area contributed by atoms with Gasteiger partial charge in [0.2, 0.25) is 0 Å². The van der Waals surface area contributed by atoms with Gasteiger partial charge in [-0.15, -0.1) is 0 Å². The van der Waals surface area contributed by atoms with Crippen LogP contribution >= 0.6 is 0 Å². The van der Waals surface area contributed by atoms with Gasteiger partial charge in [0.1, 0.15) is 0 Å². The van der Waals surface area contributed by atoms with Gasteiger partial charge in [-0.1, -0.05) is 0 Å². The van der Waals surface area contributed by atoms with Crippen LogP contribution in [0.2, 0.25) is 0 Å². The first kappa shape index (κ1) is 14.7. The van der Waals surface area contributed by atoms with Crippen LogP contribution in [-0.2, 0) is 4.65 Å². The van der Waals surface area contributed by atoms with Gasteiger partial charge >= 0.3 is 7.48 Å². The maximum absolute atomic E-state index is 10.0. The number of aliphatic hydroxyl groups is 1. The standard InChI is InChI=1S/C14H19BN3O2/c1-13(2,19)14(3,4)20-15-11-9-17-18(10-11)12-5-7-16-8-6-12/h5-10,19H,1-4H3. The Morgan fingerprint density at radius 2 is 1.85 bits per heavy atom. The number of hydrogen-bond acceptors (Lipinski definition) is 4. The zero-order chi connectivity index (χ0) is 14.8. The van der Waals surface area contributed by atoms with E-state index in [0.29, 0.717) is 0 Å². The average Bonchev–Trinajstić information content (AvgIpc) is 2.85. The van der Waals surface area contributed by atoms with E-state index in [0.717, 1.165) is 11.2 Å². The zero-order valence-corrected chi connectivity index (χ0v) is 12.2. The zero-order valence-electron chi connectivity index (χ0n) is 12.2. The molecule has 2 rings (SSSR count). The van der Waals surface area contributed by atoms with E-state index >= 15 is 0 Å². The molecule has 0 aliphatic rings. The molecule has 0 saturated heterocycles. The molecule has 1 radical (unpaired) electrons. The molecule has 5 nitrogen and oxygen atoms in total. The number of hydrogen-bond donors (Lipinski definition) is 1. The van der Waals surface area contributed by atoms with Crippen molar-refractivity contribution in [2.75, 3.05) is 0 Å². The second-order valence-electron chi connectivity index (χ2n) is 5.73. The summed E-state index contributed by atoms with van der Waals surface area (Å²) in [5.74, 6) is 0. The number of rotatable bonds is 5. The van der Waals surface area contributed by atoms with E-state index in [1.807, 2.05) is 32.2 Å². The third-order valence-electron chi connectivity index (χ3n) is 3.49. The van der Waals surface area contributed by atoms with Crippen LogP contribution in [0, 0.1) is 0 Å². The smallest absolute Gasteiger partial charge is 0.334 e. The van der Waals surface area contributed by atoms with E-state index in [1.54, 1.807) is 44.6 Å². The Morgan fingerprint density at radius 3 is 2.45 bits per heavy atom. The minimum Gasteiger partial charge on any atom is -0.427 e. The van der Waals surface area contributed by atoms with Gasteiger partial charge in [0.05, 0.1) is 16.9 Å². The average molecular weight is 272 g/mol. The fourth-order valence-corrected chi connectivity index (χ4v) is 1.40. The molecule has 0 aromatic carbocycles. The highest BCUT2D eigenvalue weighted by Gasteiger charge is 2.35. The van der Waals surface area contributed by atoms with Gasteiger partial charge in [-0.2, -0.15) is 5.10 Å². The summed E-state index contributed by atoms with van der Waals surface area (Å²) < 4.78 is 7.43. The molecule has 0 amide bonds. The van der Waals surface area contributed by atoms with Crippen LogP contribution in [0.4, 0.5) is 0 Å². The summed E-state index contributed by atoms with van der Waals surface area (Å²) in [7, 11) is 1.61. The SMILES string of the molecule is CC(C)(O)C(C)(C)O[B]c1cnn(-c2ccncc2)c1. The Hall–Kier alpha value is -1.66. The quantitative estimate of drug-likeness (QED) is 0.827. The fourth-order valence-electron chi connectivity index (χ4n) is 1.40. The lowest BCUT2D eigenvalue weighted by Crippen LogP contribution is -2.49. The van der Waals surface area contributed by atoms with E-state index in [4.69, 9.17) is 4.65 Å². The fraction of sp³-hybridized carbons (Fsp3) is 0.429. The normalized spacial score (nSPS) is 12.4. The Bertz CT molecular complexity index is 561.